The molecule has 0 aliphatic heterocycles. The van der Waals surface area contributed by atoms with Crippen LogP contribution in [-0.4, -0.2) is 44.7 Å². The maximum Gasteiger partial charge on any atom is 0.213 e. The molecule has 0 aromatic rings. The minimum absolute atomic E-state index is 0.288. The van der Waals surface area contributed by atoms with E-state index in [1.165, 1.54) is 25.7 Å². The van der Waals surface area contributed by atoms with Gasteiger partial charge < -0.3 is 5.32 Å². The first-order valence-corrected chi connectivity index (χ1v) is 9.20. The Morgan fingerprint density at radius 1 is 1.21 bits per heavy atom. The molecule has 19 heavy (non-hydrogen) atoms. The van der Waals surface area contributed by atoms with Crippen LogP contribution in [0.15, 0.2) is 0 Å². The lowest BCUT2D eigenvalue weighted by Gasteiger charge is -2.20. The van der Waals surface area contributed by atoms with Gasteiger partial charge >= 0.3 is 0 Å². The summed E-state index contributed by atoms with van der Waals surface area (Å²) in [5.74, 6) is 0.873. The Bertz CT molecular complexity index is 335. The minimum atomic E-state index is -3.04. The van der Waals surface area contributed by atoms with Crippen molar-refractivity contribution in [3.05, 3.63) is 0 Å². The van der Waals surface area contributed by atoms with Crippen LogP contribution < -0.4 is 5.32 Å². The third kappa shape index (κ3) is 6.72. The number of rotatable bonds is 9. The van der Waals surface area contributed by atoms with Gasteiger partial charge in [0.1, 0.15) is 0 Å². The molecule has 0 heterocycles. The second-order valence-corrected chi connectivity index (χ2v) is 8.26. The summed E-state index contributed by atoms with van der Waals surface area (Å²) in [6, 6.07) is 0.474. The Labute approximate surface area is 119 Å². The van der Waals surface area contributed by atoms with E-state index in [1.54, 1.807) is 11.4 Å². The molecule has 4 nitrogen and oxygen atoms in total. The Morgan fingerprint density at radius 2 is 1.84 bits per heavy atom. The summed E-state index contributed by atoms with van der Waals surface area (Å²) in [7, 11) is -1.31. The van der Waals surface area contributed by atoms with Crippen molar-refractivity contribution in [2.24, 2.45) is 5.92 Å². The highest BCUT2D eigenvalue weighted by Crippen LogP contribution is 2.25. The van der Waals surface area contributed by atoms with Crippen LogP contribution in [-0.2, 0) is 10.0 Å². The average molecular weight is 290 g/mol. The molecular formula is C14H30N2O2S. The number of sulfonamides is 1. The first-order valence-electron chi connectivity index (χ1n) is 7.59. The van der Waals surface area contributed by atoms with Crippen LogP contribution in [0.3, 0.4) is 0 Å². The van der Waals surface area contributed by atoms with Gasteiger partial charge in [-0.3, -0.25) is 0 Å². The molecule has 1 aliphatic carbocycles. The second kappa shape index (κ2) is 8.22. The Hall–Kier alpha value is -0.130. The summed E-state index contributed by atoms with van der Waals surface area (Å²) in [5.41, 5.74) is 0. The third-order valence-corrected chi connectivity index (χ3v) is 5.75. The van der Waals surface area contributed by atoms with E-state index >= 15 is 0 Å². The predicted octanol–water partition coefficient (Wildman–Crippen LogP) is 2.22. The molecule has 1 aliphatic rings. The molecular weight excluding hydrogens is 260 g/mol. The van der Waals surface area contributed by atoms with Gasteiger partial charge in [-0.05, 0) is 38.1 Å². The molecule has 0 atom stereocenters. The quantitative estimate of drug-likeness (QED) is 0.662. The lowest BCUT2D eigenvalue weighted by molar-refractivity contribution is 0.386. The lowest BCUT2D eigenvalue weighted by Crippen LogP contribution is -2.33. The summed E-state index contributed by atoms with van der Waals surface area (Å²) in [5, 5.41) is 3.31. The molecule has 0 unspecified atom stereocenters. The van der Waals surface area contributed by atoms with Gasteiger partial charge in [-0.25, -0.2) is 12.7 Å². The van der Waals surface area contributed by atoms with Gasteiger partial charge in [-0.1, -0.05) is 26.7 Å². The number of hydrogen-bond donors (Lipinski definition) is 1. The number of nitrogens with zero attached hydrogens (tertiary/aromatic N) is 1. The molecule has 1 N–H and O–H groups in total. The van der Waals surface area contributed by atoms with Crippen molar-refractivity contribution in [3.63, 3.8) is 0 Å². The molecule has 0 aromatic carbocycles. The van der Waals surface area contributed by atoms with Crippen LogP contribution in [0, 0.1) is 5.92 Å². The summed E-state index contributed by atoms with van der Waals surface area (Å²) < 4.78 is 25.8. The van der Waals surface area contributed by atoms with Gasteiger partial charge in [-0.15, -0.1) is 0 Å². The van der Waals surface area contributed by atoms with Gasteiger partial charge in [0, 0.05) is 19.6 Å². The first kappa shape index (κ1) is 16.9. The molecule has 1 fully saturated rings. The zero-order valence-corrected chi connectivity index (χ0v) is 13.5. The van der Waals surface area contributed by atoms with Crippen molar-refractivity contribution in [2.45, 2.75) is 58.4 Å². The van der Waals surface area contributed by atoms with Crippen molar-refractivity contribution in [1.82, 2.24) is 9.62 Å². The van der Waals surface area contributed by atoms with Crippen LogP contribution in [0.25, 0.3) is 0 Å². The summed E-state index contributed by atoms with van der Waals surface area (Å²) in [6.07, 6.45) is 6.58. The highest BCUT2D eigenvalue weighted by atomic mass is 32.2. The molecule has 0 aromatic heterocycles. The molecule has 0 spiro atoms. The Balaban J connectivity index is 2.21. The van der Waals surface area contributed by atoms with Gasteiger partial charge in [-0.2, -0.15) is 0 Å². The van der Waals surface area contributed by atoms with Crippen LogP contribution in [0.1, 0.15) is 52.4 Å². The maximum absolute atomic E-state index is 12.1. The van der Waals surface area contributed by atoms with Gasteiger partial charge in [0.05, 0.1) is 5.75 Å². The molecule has 0 radical (unpaired) electrons. The number of unbranched alkanes of at least 4 members (excludes halogenated alkanes) is 1. The van der Waals surface area contributed by atoms with E-state index in [-0.39, 0.29) is 5.75 Å². The van der Waals surface area contributed by atoms with E-state index in [0.29, 0.717) is 18.5 Å². The summed E-state index contributed by atoms with van der Waals surface area (Å²) >= 11 is 0. The van der Waals surface area contributed by atoms with E-state index < -0.39 is 10.0 Å². The molecule has 114 valence electrons. The SMILES string of the molecule is CC(C)NCCCCS(=O)(=O)N(C)CC1CCCC1. The fourth-order valence-electron chi connectivity index (χ4n) is 2.63. The Kier molecular flexibility index (Phi) is 7.32. The minimum Gasteiger partial charge on any atom is -0.315 e. The fraction of sp³-hybridized carbons (Fsp3) is 1.00. The van der Waals surface area contributed by atoms with Crippen molar-refractivity contribution >= 4 is 10.0 Å². The van der Waals surface area contributed by atoms with Crippen molar-refractivity contribution in [1.29, 1.82) is 0 Å². The smallest absolute Gasteiger partial charge is 0.213 e. The monoisotopic (exact) mass is 290 g/mol. The zero-order valence-electron chi connectivity index (χ0n) is 12.7. The Morgan fingerprint density at radius 3 is 2.42 bits per heavy atom. The molecule has 0 saturated heterocycles. The summed E-state index contributed by atoms with van der Waals surface area (Å²) in [6.45, 7) is 5.82. The molecule has 0 amide bonds. The van der Waals surface area contributed by atoms with E-state index in [4.69, 9.17) is 0 Å². The van der Waals surface area contributed by atoms with Gasteiger partial charge in [0.15, 0.2) is 0 Å². The largest absolute Gasteiger partial charge is 0.315 e. The predicted molar refractivity (Wildman–Crippen MR) is 80.7 cm³/mol. The van der Waals surface area contributed by atoms with Gasteiger partial charge in [0.2, 0.25) is 10.0 Å². The summed E-state index contributed by atoms with van der Waals surface area (Å²) in [4.78, 5) is 0. The van der Waals surface area contributed by atoms with Crippen LogP contribution in [0.4, 0.5) is 0 Å². The van der Waals surface area contributed by atoms with Crippen LogP contribution in [0.2, 0.25) is 0 Å². The standard InChI is InChI=1S/C14H30N2O2S/c1-13(2)15-10-6-7-11-19(17,18)16(3)12-14-8-4-5-9-14/h13-15H,4-12H2,1-3H3. The van der Waals surface area contributed by atoms with Crippen molar-refractivity contribution in [3.8, 4) is 0 Å². The fourth-order valence-corrected chi connectivity index (χ4v) is 3.94. The average Bonchev–Trinajstić information content (AvgIpc) is 2.80. The number of hydrogen-bond acceptors (Lipinski definition) is 3. The molecule has 1 rings (SSSR count). The van der Waals surface area contributed by atoms with E-state index in [1.807, 2.05) is 0 Å². The van der Waals surface area contributed by atoms with Crippen molar-refractivity contribution in [2.75, 3.05) is 25.9 Å². The topological polar surface area (TPSA) is 49.4 Å². The highest BCUT2D eigenvalue weighted by molar-refractivity contribution is 7.89. The van der Waals surface area contributed by atoms with Crippen molar-refractivity contribution < 1.29 is 8.42 Å². The van der Waals surface area contributed by atoms with Crippen LogP contribution in [0.5, 0.6) is 0 Å². The molecule has 5 heteroatoms. The normalized spacial score (nSPS) is 17.7. The van der Waals surface area contributed by atoms with E-state index in [2.05, 4.69) is 19.2 Å². The van der Waals surface area contributed by atoms with E-state index in [9.17, 15) is 8.42 Å². The first-order chi connectivity index (χ1) is 8.92. The zero-order chi connectivity index (χ0) is 14.3. The third-order valence-electron chi connectivity index (χ3n) is 3.85. The number of nitrogens with one attached hydrogen (secondary N) is 1. The molecule has 1 saturated carbocycles. The van der Waals surface area contributed by atoms with Crippen LogP contribution >= 0.6 is 0 Å². The van der Waals surface area contributed by atoms with E-state index in [0.717, 1.165) is 19.4 Å². The maximum atomic E-state index is 12.1. The molecule has 0 bridgehead atoms. The second-order valence-electron chi connectivity index (χ2n) is 6.06. The highest BCUT2D eigenvalue weighted by Gasteiger charge is 2.23. The lowest BCUT2D eigenvalue weighted by atomic mass is 10.1. The van der Waals surface area contributed by atoms with Gasteiger partial charge in [0.25, 0.3) is 0 Å².